The molecule has 1 fully saturated rings. The lowest BCUT2D eigenvalue weighted by Gasteiger charge is -2.29. The number of carboxylic acid groups (broad SMARTS) is 1. The van der Waals surface area contributed by atoms with E-state index in [0.717, 1.165) is 32.1 Å². The molecule has 4 heteroatoms. The van der Waals surface area contributed by atoms with Gasteiger partial charge < -0.3 is 10.2 Å². The van der Waals surface area contributed by atoms with E-state index in [0.29, 0.717) is 5.25 Å². The number of aliphatic hydroxyl groups is 1. The molecule has 0 aromatic rings. The number of carbonyl (C=O) groups is 1. The molecule has 0 radical (unpaired) electrons. The Bertz CT molecular complexity index is 208. The van der Waals surface area contributed by atoms with Gasteiger partial charge in [-0.05, 0) is 19.3 Å². The summed E-state index contributed by atoms with van der Waals surface area (Å²) in [7, 11) is 0. The molecule has 3 unspecified atom stereocenters. The van der Waals surface area contributed by atoms with Crippen molar-refractivity contribution >= 4 is 17.7 Å². The van der Waals surface area contributed by atoms with Crippen molar-refractivity contribution in [1.29, 1.82) is 0 Å². The van der Waals surface area contributed by atoms with Crippen molar-refractivity contribution in [2.24, 2.45) is 5.92 Å². The molecule has 0 amide bonds. The Balaban J connectivity index is 2.45. The van der Waals surface area contributed by atoms with Crippen LogP contribution < -0.4 is 0 Å². The molecule has 88 valence electrons. The van der Waals surface area contributed by atoms with Gasteiger partial charge in [0.25, 0.3) is 0 Å². The van der Waals surface area contributed by atoms with Crippen molar-refractivity contribution < 1.29 is 15.0 Å². The molecule has 1 saturated carbocycles. The monoisotopic (exact) mass is 232 g/mol. The fourth-order valence-corrected chi connectivity index (χ4v) is 3.67. The Hall–Kier alpha value is -0.220. The number of hydrogen-bond acceptors (Lipinski definition) is 3. The average molecular weight is 232 g/mol. The first kappa shape index (κ1) is 12.8. The molecule has 1 aliphatic carbocycles. The minimum absolute atomic E-state index is 0.176. The molecule has 15 heavy (non-hydrogen) atoms. The fraction of sp³-hybridized carbons (Fsp3) is 0.909. The van der Waals surface area contributed by atoms with E-state index < -0.39 is 5.97 Å². The standard InChI is InChI=1S/C11H20O3S/c1-8(6-7-12)15-10-5-3-2-4-9(10)11(13)14/h8-10,12H,2-7H2,1H3,(H,13,14). The second kappa shape index (κ2) is 6.38. The number of thioether (sulfide) groups is 1. The van der Waals surface area contributed by atoms with Gasteiger partial charge in [0.05, 0.1) is 5.92 Å². The molecule has 3 atom stereocenters. The van der Waals surface area contributed by atoms with E-state index >= 15 is 0 Å². The number of rotatable bonds is 5. The van der Waals surface area contributed by atoms with Gasteiger partial charge in [-0.2, -0.15) is 11.8 Å². The molecule has 1 aliphatic rings. The Morgan fingerprint density at radius 1 is 1.47 bits per heavy atom. The highest BCUT2D eigenvalue weighted by Crippen LogP contribution is 2.36. The first-order valence-corrected chi connectivity index (χ1v) is 6.58. The third-order valence-corrected chi connectivity index (χ3v) is 4.58. The Morgan fingerprint density at radius 3 is 2.73 bits per heavy atom. The normalized spacial score (nSPS) is 28.7. The molecular weight excluding hydrogens is 212 g/mol. The molecule has 0 aromatic carbocycles. The summed E-state index contributed by atoms with van der Waals surface area (Å²) in [5.41, 5.74) is 0. The fourth-order valence-electron chi connectivity index (χ4n) is 2.09. The molecule has 3 nitrogen and oxygen atoms in total. The minimum atomic E-state index is -0.650. The van der Waals surface area contributed by atoms with E-state index in [9.17, 15) is 4.79 Å². The average Bonchev–Trinajstić information content (AvgIpc) is 2.18. The Kier molecular flexibility index (Phi) is 5.47. The largest absolute Gasteiger partial charge is 0.481 e. The lowest BCUT2D eigenvalue weighted by molar-refractivity contribution is -0.142. The highest BCUT2D eigenvalue weighted by Gasteiger charge is 2.31. The van der Waals surface area contributed by atoms with Crippen LogP contribution >= 0.6 is 11.8 Å². The second-order valence-corrected chi connectivity index (χ2v) is 5.91. The summed E-state index contributed by atoms with van der Waals surface area (Å²) in [6.45, 7) is 2.26. The van der Waals surface area contributed by atoms with Gasteiger partial charge in [-0.1, -0.05) is 19.8 Å². The maximum atomic E-state index is 11.0. The number of aliphatic carboxylic acids is 1. The lowest BCUT2D eigenvalue weighted by Crippen LogP contribution is -2.30. The second-order valence-electron chi connectivity index (χ2n) is 4.23. The van der Waals surface area contributed by atoms with Gasteiger partial charge in [0, 0.05) is 17.1 Å². The van der Waals surface area contributed by atoms with Crippen LogP contribution in [0.3, 0.4) is 0 Å². The van der Waals surface area contributed by atoms with Crippen molar-refractivity contribution in [3.8, 4) is 0 Å². The molecule has 1 rings (SSSR count). The third-order valence-electron chi connectivity index (χ3n) is 2.96. The van der Waals surface area contributed by atoms with Gasteiger partial charge >= 0.3 is 5.97 Å². The number of aliphatic hydroxyl groups excluding tert-OH is 1. The molecule has 0 spiro atoms. The maximum Gasteiger partial charge on any atom is 0.307 e. The SMILES string of the molecule is CC(CCO)SC1CCCCC1C(=O)O. The summed E-state index contributed by atoms with van der Waals surface area (Å²) >= 11 is 1.74. The smallest absolute Gasteiger partial charge is 0.307 e. The van der Waals surface area contributed by atoms with Crippen LogP contribution in [0.4, 0.5) is 0 Å². The van der Waals surface area contributed by atoms with Crippen molar-refractivity contribution in [2.75, 3.05) is 6.61 Å². The summed E-state index contributed by atoms with van der Waals surface area (Å²) in [4.78, 5) is 11.0. The van der Waals surface area contributed by atoms with Gasteiger partial charge in [-0.3, -0.25) is 4.79 Å². The highest BCUT2D eigenvalue weighted by atomic mass is 32.2. The molecule has 0 aromatic heterocycles. The van der Waals surface area contributed by atoms with Crippen molar-refractivity contribution in [1.82, 2.24) is 0 Å². The summed E-state index contributed by atoms with van der Waals surface area (Å²) in [6, 6.07) is 0. The summed E-state index contributed by atoms with van der Waals surface area (Å²) < 4.78 is 0. The van der Waals surface area contributed by atoms with Crippen LogP contribution in [-0.2, 0) is 4.79 Å². The van der Waals surface area contributed by atoms with Crippen LogP contribution in [0.15, 0.2) is 0 Å². The highest BCUT2D eigenvalue weighted by molar-refractivity contribution is 8.00. The van der Waals surface area contributed by atoms with Crippen LogP contribution in [0.2, 0.25) is 0 Å². The van der Waals surface area contributed by atoms with E-state index in [4.69, 9.17) is 10.2 Å². The van der Waals surface area contributed by atoms with E-state index in [1.165, 1.54) is 0 Å². The topological polar surface area (TPSA) is 57.5 Å². The maximum absolute atomic E-state index is 11.0. The third kappa shape index (κ3) is 4.03. The zero-order valence-electron chi connectivity index (χ0n) is 9.19. The van der Waals surface area contributed by atoms with Gasteiger partial charge in [0.1, 0.15) is 0 Å². The van der Waals surface area contributed by atoms with E-state index in [1.54, 1.807) is 11.8 Å². The van der Waals surface area contributed by atoms with Crippen LogP contribution in [0.1, 0.15) is 39.0 Å². The van der Waals surface area contributed by atoms with Gasteiger partial charge in [0.15, 0.2) is 0 Å². The van der Waals surface area contributed by atoms with Crippen LogP contribution in [0, 0.1) is 5.92 Å². The first-order valence-electron chi connectivity index (χ1n) is 5.64. The molecule has 2 N–H and O–H groups in total. The summed E-state index contributed by atoms with van der Waals surface area (Å²) in [5.74, 6) is -0.826. The predicted molar refractivity (Wildman–Crippen MR) is 62.1 cm³/mol. The minimum Gasteiger partial charge on any atom is -0.481 e. The summed E-state index contributed by atoms with van der Waals surface area (Å²) in [5, 5.41) is 18.5. The van der Waals surface area contributed by atoms with Crippen LogP contribution in [-0.4, -0.2) is 33.3 Å². The number of hydrogen-bond donors (Lipinski definition) is 2. The molecule has 0 heterocycles. The van der Waals surface area contributed by atoms with E-state index in [-0.39, 0.29) is 17.8 Å². The Morgan fingerprint density at radius 2 is 2.13 bits per heavy atom. The quantitative estimate of drug-likeness (QED) is 0.762. The molecule has 0 aliphatic heterocycles. The first-order chi connectivity index (χ1) is 7.15. The molecule has 0 bridgehead atoms. The van der Waals surface area contributed by atoms with Gasteiger partial charge in [-0.25, -0.2) is 0 Å². The van der Waals surface area contributed by atoms with Crippen LogP contribution in [0.5, 0.6) is 0 Å². The predicted octanol–water partition coefficient (Wildman–Crippen LogP) is 2.13. The van der Waals surface area contributed by atoms with Crippen molar-refractivity contribution in [3.05, 3.63) is 0 Å². The van der Waals surface area contributed by atoms with Crippen molar-refractivity contribution in [3.63, 3.8) is 0 Å². The van der Waals surface area contributed by atoms with E-state index in [1.807, 2.05) is 0 Å². The molecule has 0 saturated heterocycles. The van der Waals surface area contributed by atoms with Gasteiger partial charge in [-0.15, -0.1) is 0 Å². The number of carboxylic acids is 1. The van der Waals surface area contributed by atoms with Crippen molar-refractivity contribution in [2.45, 2.75) is 49.5 Å². The Labute approximate surface area is 95.3 Å². The lowest BCUT2D eigenvalue weighted by atomic mass is 9.89. The molecular formula is C11H20O3S. The zero-order valence-corrected chi connectivity index (χ0v) is 10.0. The van der Waals surface area contributed by atoms with Gasteiger partial charge in [0.2, 0.25) is 0 Å². The van der Waals surface area contributed by atoms with Crippen LogP contribution in [0.25, 0.3) is 0 Å². The summed E-state index contributed by atoms with van der Waals surface area (Å²) in [6.07, 6.45) is 4.78. The van der Waals surface area contributed by atoms with E-state index in [2.05, 4.69) is 6.92 Å². The zero-order chi connectivity index (χ0) is 11.3.